The molecule has 5 nitrogen and oxygen atoms in total. The fraction of sp³-hybridized carbons (Fsp3) is 0.0874. The second-order valence-electron chi connectivity index (χ2n) is 30.2. The third-order valence-corrected chi connectivity index (χ3v) is 26.3. The van der Waals surface area contributed by atoms with Gasteiger partial charge in [-0.15, -0.1) is 0 Å². The maximum absolute atomic E-state index is 12.1. The molecule has 0 saturated carbocycles. The number of rotatable bonds is 9. The minimum absolute atomic E-state index is 0.0138. The molecule has 0 spiro atoms. The van der Waals surface area contributed by atoms with Gasteiger partial charge in [0.1, 0.15) is 11.2 Å². The zero-order chi connectivity index (χ0) is 92.6. The van der Waals surface area contributed by atoms with Gasteiger partial charge in [-0.3, -0.25) is 0 Å². The molecule has 110 heavy (non-hydrogen) atoms. The molecular weight excluding hydrogens is 1470 g/mol. The summed E-state index contributed by atoms with van der Waals surface area (Å²) in [6.07, 6.45) is 0. The Kier molecular flexibility index (Phi) is 10.4. The van der Waals surface area contributed by atoms with E-state index in [1.165, 1.54) is 9.13 Å². The van der Waals surface area contributed by atoms with Crippen molar-refractivity contribution in [3.63, 3.8) is 0 Å². The molecule has 524 valence electrons. The van der Waals surface area contributed by atoms with Crippen molar-refractivity contribution in [2.24, 2.45) is 0 Å². The summed E-state index contributed by atoms with van der Waals surface area (Å²) in [5.41, 5.74) is 8.38. The van der Waals surface area contributed by atoms with Crippen molar-refractivity contribution in [2.45, 2.75) is 58.3 Å². The van der Waals surface area contributed by atoms with Crippen molar-refractivity contribution in [3.05, 3.63) is 361 Å². The van der Waals surface area contributed by atoms with Gasteiger partial charge in [0.25, 0.3) is 0 Å². The van der Waals surface area contributed by atoms with Crippen LogP contribution < -0.4 is 9.80 Å². The Bertz CT molecular complexity index is 8030. The molecule has 20 aromatic rings. The normalized spacial score (nSPS) is 15.9. The minimum atomic E-state index is -1.63. The van der Waals surface area contributed by atoms with E-state index in [-0.39, 0.29) is 107 Å². The summed E-state index contributed by atoms with van der Waals surface area (Å²) in [6.45, 7) is 12.7. The van der Waals surface area contributed by atoms with Crippen LogP contribution in [0.4, 0.5) is 34.1 Å². The van der Waals surface area contributed by atoms with E-state index in [9.17, 15) is 24.7 Å². The predicted molar refractivity (Wildman–Crippen MR) is 466 cm³/mol. The van der Waals surface area contributed by atoms with Gasteiger partial charge in [0.05, 0.1) is 0 Å². The van der Waals surface area contributed by atoms with Gasteiger partial charge in [0.15, 0.2) is 0 Å². The first-order valence-corrected chi connectivity index (χ1v) is 39.9. The standard InChI is InChI=1S/C103H74N4OSe2/c1-102(2,3)68-56-79(62-29-11-7-12-30-62)98(80(57-68)63-31-13-8-14-32-63)106-86-60-70(104-84-42-24-19-38-73(84)95-77-40-22-27-45-92(77)109-100(95)104)48-50-75(86)94-76-51-49-71(105-85-43-25-20-39-74(85)96-78-41-23-28-46-93(78)110-101(96)105)61-87(76)107(89-55-67(54-88(106)97(89)94)66-47-52-91-83(53-66)72-37-21-26-44-90(72)108-91)99-81(64-33-15-9-16-34-64)58-69(103(4,5)6)59-82(99)65-35-17-10-18-36-65/h7-61,94H,1-6H3/i19D,20D,22D,23D,24D,25D,27D,28D,38D,39D,40D,41D,42D,43D,45D,46D,48D,49D,50D,51D,60D,61D. The fourth-order valence-corrected chi connectivity index (χ4v) is 21.3. The van der Waals surface area contributed by atoms with Gasteiger partial charge in [-0.05, 0) is 6.07 Å². The van der Waals surface area contributed by atoms with Crippen molar-refractivity contribution in [1.29, 1.82) is 0 Å². The second-order valence-corrected chi connectivity index (χ2v) is 34.4. The van der Waals surface area contributed by atoms with E-state index in [1.807, 2.05) is 186 Å². The monoisotopic (exact) mass is 1560 g/mol. The quantitative estimate of drug-likeness (QED) is 0.135. The van der Waals surface area contributed by atoms with Crippen LogP contribution in [0.1, 0.15) is 105 Å². The summed E-state index contributed by atoms with van der Waals surface area (Å²) < 4.78 is 233. The van der Waals surface area contributed by atoms with Gasteiger partial charge in [-0.2, -0.15) is 0 Å². The molecule has 0 N–H and O–H groups in total. The van der Waals surface area contributed by atoms with Crippen LogP contribution in [0, 0.1) is 0 Å². The Morgan fingerprint density at radius 2 is 0.727 bits per heavy atom. The number of hydrogen-bond acceptors (Lipinski definition) is 3. The molecule has 0 fully saturated rings. The van der Waals surface area contributed by atoms with Crippen LogP contribution in [0.2, 0.25) is 0 Å². The third kappa shape index (κ3) is 9.98. The first-order chi connectivity index (χ1) is 63.0. The summed E-state index contributed by atoms with van der Waals surface area (Å²) in [7, 11) is 0. The molecule has 0 bridgehead atoms. The number of aromatic nitrogens is 2. The Morgan fingerprint density at radius 1 is 0.336 bits per heavy atom. The topological polar surface area (TPSA) is 29.5 Å². The molecule has 0 atom stereocenters. The van der Waals surface area contributed by atoms with E-state index < -0.39 is 167 Å². The fourth-order valence-electron chi connectivity index (χ4n) is 16.6. The van der Waals surface area contributed by atoms with E-state index in [1.54, 1.807) is 0 Å². The summed E-state index contributed by atoms with van der Waals surface area (Å²) in [5.74, 6) is -1.63. The van der Waals surface area contributed by atoms with Crippen LogP contribution in [-0.4, -0.2) is 38.1 Å². The first kappa shape index (κ1) is 46.2. The van der Waals surface area contributed by atoms with Gasteiger partial charge >= 0.3 is 640 Å². The van der Waals surface area contributed by atoms with Crippen molar-refractivity contribution in [1.82, 2.24) is 9.13 Å². The number of nitrogens with zero attached hydrogens (tertiary/aromatic N) is 4. The maximum atomic E-state index is 12.1. The van der Waals surface area contributed by atoms with Crippen molar-refractivity contribution >= 4 is 146 Å². The number of fused-ring (bicyclic) bond motifs is 17. The van der Waals surface area contributed by atoms with Crippen LogP contribution in [0.5, 0.6) is 0 Å². The molecule has 7 heteroatoms. The van der Waals surface area contributed by atoms with Gasteiger partial charge < -0.3 is 4.42 Å². The van der Waals surface area contributed by atoms with E-state index in [2.05, 4.69) is 65.8 Å². The Hall–Kier alpha value is -12.2. The summed E-state index contributed by atoms with van der Waals surface area (Å²) >= 11 is -2.48. The molecular formula is C103H74N4OSe2. The van der Waals surface area contributed by atoms with Crippen molar-refractivity contribution < 1.29 is 34.6 Å². The summed E-state index contributed by atoms with van der Waals surface area (Å²) in [6, 6.07) is 52.5. The van der Waals surface area contributed by atoms with Crippen molar-refractivity contribution in [2.75, 3.05) is 9.80 Å². The molecule has 0 radical (unpaired) electrons. The zero-order valence-electron chi connectivity index (χ0n) is 82.1. The van der Waals surface area contributed by atoms with E-state index >= 15 is 0 Å². The average molecular weight is 1560 g/mol. The van der Waals surface area contributed by atoms with Gasteiger partial charge in [-0.25, -0.2) is 0 Å². The number of furan rings is 1. The third-order valence-electron chi connectivity index (χ3n) is 21.8. The number of benzene rings is 15. The molecule has 15 aromatic carbocycles. The number of hydrogen-bond donors (Lipinski definition) is 0. The van der Waals surface area contributed by atoms with E-state index in [0.29, 0.717) is 95.1 Å². The van der Waals surface area contributed by atoms with Crippen LogP contribution in [0.15, 0.2) is 338 Å². The molecule has 2 aliphatic rings. The molecule has 0 aliphatic carbocycles. The predicted octanol–water partition coefficient (Wildman–Crippen LogP) is 27.9. The first-order valence-electron chi connectivity index (χ1n) is 47.4. The molecule has 7 heterocycles. The Morgan fingerprint density at radius 3 is 1.16 bits per heavy atom. The van der Waals surface area contributed by atoms with E-state index in [0.717, 1.165) is 21.9 Å². The van der Waals surface area contributed by atoms with Crippen LogP contribution in [-0.2, 0) is 10.8 Å². The molecule has 22 rings (SSSR count). The number of anilines is 6. The summed E-state index contributed by atoms with van der Waals surface area (Å²) in [5, 5.41) is 1.30. The Balaban J connectivity index is 1.01. The molecule has 2 aliphatic heterocycles. The SMILES string of the molecule is [2H]c1c([2H])c(-n2c3[se]c4c([2H])c([2H])c([2H])c([2H])c4c3c3c([2H])c([2H])c([2H])c([2H])c32)c([2H])c2c1C1c3c(cc(-c4ccc5oc6ccccc6c5c4)cc3N(c3c(-c4ccccc4)cc(C(C)(C)C)cc3-c3ccccc3)c3c([2H])c(-n4c5[se]c6c([2H])c([2H])c([2H])c([2H])c6c5c5c([2H])c([2H])c([2H])c([2H])c54)c([2H])c([2H])c31)N2c1c(-c2ccccc2)cc(C(C)(C)C)cc1-c1ccccc1. The number of para-hydroxylation sites is 3. The van der Waals surface area contributed by atoms with Crippen LogP contribution >= 0.6 is 0 Å². The molecule has 0 saturated heterocycles. The van der Waals surface area contributed by atoms with Crippen LogP contribution in [0.25, 0.3) is 150 Å². The zero-order valence-corrected chi connectivity index (χ0v) is 63.6. The average Bonchev–Trinajstić information content (AvgIpc) is 0.674. The molecule has 0 amide bonds. The van der Waals surface area contributed by atoms with Gasteiger partial charge in [-0.1, -0.05) is 18.2 Å². The van der Waals surface area contributed by atoms with E-state index in [4.69, 9.17) is 9.90 Å². The molecule has 0 unspecified atom stereocenters. The molecule has 5 aromatic heterocycles. The van der Waals surface area contributed by atoms with Crippen LogP contribution in [0.3, 0.4) is 0 Å². The van der Waals surface area contributed by atoms with Crippen molar-refractivity contribution in [3.8, 4) is 67.0 Å². The van der Waals surface area contributed by atoms with Gasteiger partial charge in [0.2, 0.25) is 0 Å². The second kappa shape index (κ2) is 24.7. The van der Waals surface area contributed by atoms with Gasteiger partial charge in [0, 0.05) is 5.39 Å². The summed E-state index contributed by atoms with van der Waals surface area (Å²) in [4.78, 5) is 3.92. The Labute approximate surface area is 681 Å².